The van der Waals surface area contributed by atoms with Gasteiger partial charge in [-0.25, -0.2) is 0 Å². The van der Waals surface area contributed by atoms with Crippen LogP contribution in [0.4, 0.5) is 0 Å². The zero-order chi connectivity index (χ0) is 11.1. The molecule has 1 amide bonds. The van der Waals surface area contributed by atoms with E-state index in [0.29, 0.717) is 18.7 Å². The molecule has 0 saturated heterocycles. The summed E-state index contributed by atoms with van der Waals surface area (Å²) in [5.41, 5.74) is 6.04. The minimum Gasteiger partial charge on any atom is -0.352 e. The van der Waals surface area contributed by atoms with Crippen molar-refractivity contribution in [2.45, 2.75) is 12.8 Å². The number of nitrogens with two attached hydrogens (primary N) is 1. The Morgan fingerprint density at radius 2 is 2.20 bits per heavy atom. The predicted molar refractivity (Wildman–Crippen MR) is 64.8 cm³/mol. The lowest BCUT2D eigenvalue weighted by Gasteiger charge is -2.04. The SMILES string of the molecule is NCCCCNC(=O)c1cccc(Br)c1. The monoisotopic (exact) mass is 270 g/mol. The summed E-state index contributed by atoms with van der Waals surface area (Å²) in [6.07, 6.45) is 1.87. The highest BCUT2D eigenvalue weighted by Crippen LogP contribution is 2.11. The highest BCUT2D eigenvalue weighted by Gasteiger charge is 2.03. The maximum atomic E-state index is 11.6. The second kappa shape index (κ2) is 6.58. The number of nitrogens with one attached hydrogen (secondary N) is 1. The second-order valence-corrected chi connectivity index (χ2v) is 4.18. The highest BCUT2D eigenvalue weighted by atomic mass is 79.9. The molecule has 0 heterocycles. The van der Waals surface area contributed by atoms with Crippen molar-refractivity contribution < 1.29 is 4.79 Å². The Balaban J connectivity index is 2.40. The number of hydrogen-bond acceptors (Lipinski definition) is 2. The number of rotatable bonds is 5. The van der Waals surface area contributed by atoms with Crippen LogP contribution in [0.1, 0.15) is 23.2 Å². The molecule has 0 aliphatic heterocycles. The first-order chi connectivity index (χ1) is 7.24. The van der Waals surface area contributed by atoms with E-state index in [9.17, 15) is 4.79 Å². The van der Waals surface area contributed by atoms with Crippen molar-refractivity contribution >= 4 is 21.8 Å². The van der Waals surface area contributed by atoms with Gasteiger partial charge in [-0.05, 0) is 37.6 Å². The van der Waals surface area contributed by atoms with E-state index in [0.717, 1.165) is 17.3 Å². The molecule has 0 spiro atoms. The molecule has 1 aromatic carbocycles. The third kappa shape index (κ3) is 4.44. The fourth-order valence-corrected chi connectivity index (χ4v) is 1.60. The number of hydrogen-bond donors (Lipinski definition) is 2. The average Bonchev–Trinajstić information content (AvgIpc) is 2.24. The molecule has 3 N–H and O–H groups in total. The molecular formula is C11H15BrN2O. The number of amides is 1. The summed E-state index contributed by atoms with van der Waals surface area (Å²) in [5, 5.41) is 2.85. The fraction of sp³-hybridized carbons (Fsp3) is 0.364. The molecule has 0 fully saturated rings. The van der Waals surface area contributed by atoms with Crippen LogP contribution in [-0.2, 0) is 0 Å². The topological polar surface area (TPSA) is 55.1 Å². The molecule has 3 nitrogen and oxygen atoms in total. The van der Waals surface area contributed by atoms with Gasteiger partial charge in [-0.2, -0.15) is 0 Å². The standard InChI is InChI=1S/C11H15BrN2O/c12-10-5-3-4-9(8-10)11(15)14-7-2-1-6-13/h3-5,8H,1-2,6-7,13H2,(H,14,15). The van der Waals surface area contributed by atoms with Gasteiger partial charge in [0.2, 0.25) is 0 Å². The Hall–Kier alpha value is -0.870. The van der Waals surface area contributed by atoms with Crippen LogP contribution in [0.3, 0.4) is 0 Å². The van der Waals surface area contributed by atoms with E-state index in [2.05, 4.69) is 21.2 Å². The summed E-state index contributed by atoms with van der Waals surface area (Å²) < 4.78 is 0.914. The van der Waals surface area contributed by atoms with Crippen LogP contribution < -0.4 is 11.1 Å². The second-order valence-electron chi connectivity index (χ2n) is 3.26. The molecule has 1 aromatic rings. The largest absolute Gasteiger partial charge is 0.352 e. The smallest absolute Gasteiger partial charge is 0.251 e. The molecule has 0 unspecified atom stereocenters. The van der Waals surface area contributed by atoms with Crippen molar-refractivity contribution in [3.63, 3.8) is 0 Å². The first kappa shape index (κ1) is 12.2. The van der Waals surface area contributed by atoms with Gasteiger partial charge in [-0.3, -0.25) is 4.79 Å². The molecule has 0 atom stereocenters. The van der Waals surface area contributed by atoms with E-state index in [1.54, 1.807) is 12.1 Å². The van der Waals surface area contributed by atoms with Gasteiger partial charge in [0, 0.05) is 16.6 Å². The lowest BCUT2D eigenvalue weighted by atomic mass is 10.2. The number of carbonyl (C=O) groups is 1. The number of halogens is 1. The van der Waals surface area contributed by atoms with Crippen LogP contribution in [0.2, 0.25) is 0 Å². The van der Waals surface area contributed by atoms with Gasteiger partial charge in [0.1, 0.15) is 0 Å². The Kier molecular flexibility index (Phi) is 5.36. The Labute approximate surface area is 98.2 Å². The van der Waals surface area contributed by atoms with E-state index in [1.165, 1.54) is 0 Å². The van der Waals surface area contributed by atoms with E-state index < -0.39 is 0 Å². The normalized spacial score (nSPS) is 10.0. The van der Waals surface area contributed by atoms with Crippen molar-refractivity contribution in [3.8, 4) is 0 Å². The summed E-state index contributed by atoms with van der Waals surface area (Å²) in [6, 6.07) is 7.34. The lowest BCUT2D eigenvalue weighted by Crippen LogP contribution is -2.24. The van der Waals surface area contributed by atoms with Crippen molar-refractivity contribution in [3.05, 3.63) is 34.3 Å². The van der Waals surface area contributed by atoms with E-state index >= 15 is 0 Å². The first-order valence-corrected chi connectivity index (χ1v) is 5.77. The molecule has 0 aliphatic carbocycles. The number of benzene rings is 1. The van der Waals surface area contributed by atoms with Crippen LogP contribution in [-0.4, -0.2) is 19.0 Å². The van der Waals surface area contributed by atoms with Crippen LogP contribution in [0.5, 0.6) is 0 Å². The fourth-order valence-electron chi connectivity index (χ4n) is 1.20. The van der Waals surface area contributed by atoms with Gasteiger partial charge < -0.3 is 11.1 Å². The Bertz CT molecular complexity index is 328. The molecule has 0 bridgehead atoms. The van der Waals surface area contributed by atoms with E-state index in [4.69, 9.17) is 5.73 Å². The number of unbranched alkanes of at least 4 members (excludes halogenated alkanes) is 1. The van der Waals surface area contributed by atoms with Crippen LogP contribution in [0, 0.1) is 0 Å². The number of carbonyl (C=O) groups excluding carboxylic acids is 1. The minimum atomic E-state index is -0.0340. The average molecular weight is 271 g/mol. The van der Waals surface area contributed by atoms with Gasteiger partial charge in [0.25, 0.3) is 5.91 Å². The summed E-state index contributed by atoms with van der Waals surface area (Å²) in [7, 11) is 0. The van der Waals surface area contributed by atoms with Crippen molar-refractivity contribution in [2.24, 2.45) is 5.73 Å². The zero-order valence-electron chi connectivity index (χ0n) is 8.50. The van der Waals surface area contributed by atoms with Gasteiger partial charge in [0.05, 0.1) is 0 Å². The van der Waals surface area contributed by atoms with Crippen LogP contribution >= 0.6 is 15.9 Å². The van der Waals surface area contributed by atoms with Crippen molar-refractivity contribution in [2.75, 3.05) is 13.1 Å². The van der Waals surface area contributed by atoms with Gasteiger partial charge in [-0.15, -0.1) is 0 Å². The summed E-state index contributed by atoms with van der Waals surface area (Å²) >= 11 is 3.33. The molecule has 0 aromatic heterocycles. The van der Waals surface area contributed by atoms with Gasteiger partial charge in [0.15, 0.2) is 0 Å². The predicted octanol–water partition coefficient (Wildman–Crippen LogP) is 1.92. The van der Waals surface area contributed by atoms with E-state index in [-0.39, 0.29) is 5.91 Å². The van der Waals surface area contributed by atoms with Crippen LogP contribution in [0.25, 0.3) is 0 Å². The molecule has 0 radical (unpaired) electrons. The molecule has 0 aliphatic rings. The molecular weight excluding hydrogens is 256 g/mol. The molecule has 1 rings (SSSR count). The van der Waals surface area contributed by atoms with Crippen molar-refractivity contribution in [1.82, 2.24) is 5.32 Å². The summed E-state index contributed by atoms with van der Waals surface area (Å²) in [4.78, 5) is 11.6. The molecule has 82 valence electrons. The van der Waals surface area contributed by atoms with Gasteiger partial charge >= 0.3 is 0 Å². The Morgan fingerprint density at radius 3 is 2.87 bits per heavy atom. The molecule has 15 heavy (non-hydrogen) atoms. The first-order valence-electron chi connectivity index (χ1n) is 4.98. The van der Waals surface area contributed by atoms with Crippen LogP contribution in [0.15, 0.2) is 28.7 Å². The molecule has 0 saturated carbocycles. The van der Waals surface area contributed by atoms with Gasteiger partial charge in [-0.1, -0.05) is 22.0 Å². The van der Waals surface area contributed by atoms with Crippen molar-refractivity contribution in [1.29, 1.82) is 0 Å². The maximum absolute atomic E-state index is 11.6. The summed E-state index contributed by atoms with van der Waals surface area (Å²) in [5.74, 6) is -0.0340. The molecule has 4 heteroatoms. The minimum absolute atomic E-state index is 0.0340. The zero-order valence-corrected chi connectivity index (χ0v) is 10.1. The van der Waals surface area contributed by atoms with E-state index in [1.807, 2.05) is 12.1 Å². The maximum Gasteiger partial charge on any atom is 0.251 e. The third-order valence-corrected chi connectivity index (χ3v) is 2.50. The quantitative estimate of drug-likeness (QED) is 0.804. The Morgan fingerprint density at radius 1 is 1.40 bits per heavy atom. The highest BCUT2D eigenvalue weighted by molar-refractivity contribution is 9.10. The third-order valence-electron chi connectivity index (χ3n) is 2.00. The lowest BCUT2D eigenvalue weighted by molar-refractivity contribution is 0.0953. The summed E-state index contributed by atoms with van der Waals surface area (Å²) in [6.45, 7) is 1.36.